The Bertz CT molecular complexity index is 1050. The molecule has 2 aromatic rings. The van der Waals surface area contributed by atoms with Gasteiger partial charge in [-0.25, -0.2) is 9.59 Å². The van der Waals surface area contributed by atoms with Gasteiger partial charge in [-0.1, -0.05) is 18.2 Å². The Hall–Kier alpha value is -2.87. The highest BCUT2D eigenvalue weighted by molar-refractivity contribution is 5.75. The average molecular weight is 485 g/mol. The summed E-state index contributed by atoms with van der Waals surface area (Å²) in [5.74, 6) is -0.0209. The number of hydrogen-bond donors (Lipinski definition) is 0. The lowest BCUT2D eigenvalue weighted by atomic mass is 9.90. The standard InChI is InChI=1S/C27H40N4O4/c1-26(2,3)34-24(32)30-14-10-13-21(17-30)23-22(18-31(28-23)25(33)35-27(4,5)6)20-12-9-11-19(15-20)16-29(7)8/h9,11-12,15,18,21H,10,13-14,16-17H2,1-8H3/t21-/m1/s1. The Kier molecular flexibility index (Phi) is 7.94. The van der Waals surface area contributed by atoms with E-state index >= 15 is 0 Å². The van der Waals surface area contributed by atoms with Crippen molar-refractivity contribution in [1.29, 1.82) is 0 Å². The minimum absolute atomic E-state index is 0.0209. The van der Waals surface area contributed by atoms with Gasteiger partial charge < -0.3 is 19.3 Å². The zero-order valence-electron chi connectivity index (χ0n) is 22.4. The molecule has 0 radical (unpaired) electrons. The summed E-state index contributed by atoms with van der Waals surface area (Å²) in [5.41, 5.74) is 2.65. The van der Waals surface area contributed by atoms with Crippen LogP contribution in [0, 0.1) is 0 Å². The number of hydrogen-bond acceptors (Lipinski definition) is 6. The van der Waals surface area contributed by atoms with Crippen molar-refractivity contribution in [2.24, 2.45) is 0 Å². The fraction of sp³-hybridized carbons (Fsp3) is 0.593. The molecule has 1 amide bonds. The van der Waals surface area contributed by atoms with Crippen LogP contribution in [-0.2, 0) is 16.0 Å². The Morgan fingerprint density at radius 1 is 1.06 bits per heavy atom. The van der Waals surface area contributed by atoms with E-state index in [0.717, 1.165) is 36.2 Å². The Balaban J connectivity index is 1.97. The lowest BCUT2D eigenvalue weighted by Gasteiger charge is -2.33. The monoisotopic (exact) mass is 484 g/mol. The molecule has 1 atom stereocenters. The summed E-state index contributed by atoms with van der Waals surface area (Å²) in [6, 6.07) is 8.28. The Morgan fingerprint density at radius 3 is 2.34 bits per heavy atom. The van der Waals surface area contributed by atoms with Crippen LogP contribution in [0.3, 0.4) is 0 Å². The first kappa shape index (κ1) is 26.7. The van der Waals surface area contributed by atoms with Gasteiger partial charge in [0.15, 0.2) is 0 Å². The number of aromatic nitrogens is 2. The van der Waals surface area contributed by atoms with E-state index in [1.54, 1.807) is 11.1 Å². The summed E-state index contributed by atoms with van der Waals surface area (Å²) in [4.78, 5) is 29.5. The molecule has 1 aromatic carbocycles. The zero-order chi connectivity index (χ0) is 26.0. The molecule has 8 nitrogen and oxygen atoms in total. The minimum Gasteiger partial charge on any atom is -0.444 e. The SMILES string of the molecule is CN(C)Cc1cccc(-c2cn(C(=O)OC(C)(C)C)nc2[C@@H]2CCCN(C(=O)OC(C)(C)C)C2)c1. The molecular formula is C27H40N4O4. The smallest absolute Gasteiger partial charge is 0.435 e. The van der Waals surface area contributed by atoms with Gasteiger partial charge in [0.05, 0.1) is 5.69 Å². The van der Waals surface area contributed by atoms with Crippen LogP contribution >= 0.6 is 0 Å². The number of piperidine rings is 1. The van der Waals surface area contributed by atoms with E-state index in [4.69, 9.17) is 14.6 Å². The van der Waals surface area contributed by atoms with E-state index in [-0.39, 0.29) is 12.0 Å². The molecule has 0 saturated carbocycles. The summed E-state index contributed by atoms with van der Waals surface area (Å²) in [6.07, 6.45) is 2.63. The molecule has 8 heteroatoms. The van der Waals surface area contributed by atoms with Crippen LogP contribution < -0.4 is 0 Å². The van der Waals surface area contributed by atoms with Crippen LogP contribution in [0.4, 0.5) is 9.59 Å². The van der Waals surface area contributed by atoms with Gasteiger partial charge in [-0.3, -0.25) is 0 Å². The lowest BCUT2D eigenvalue weighted by molar-refractivity contribution is 0.0196. The van der Waals surface area contributed by atoms with Gasteiger partial charge in [0, 0.05) is 37.3 Å². The fourth-order valence-electron chi connectivity index (χ4n) is 4.21. The molecule has 2 heterocycles. The van der Waals surface area contributed by atoms with E-state index in [2.05, 4.69) is 17.0 Å². The van der Waals surface area contributed by atoms with E-state index in [9.17, 15) is 9.59 Å². The van der Waals surface area contributed by atoms with Gasteiger partial charge >= 0.3 is 12.2 Å². The van der Waals surface area contributed by atoms with Crippen LogP contribution in [0.1, 0.15) is 71.6 Å². The predicted octanol–water partition coefficient (Wildman–Crippen LogP) is 5.51. The first-order valence-corrected chi connectivity index (χ1v) is 12.3. The van der Waals surface area contributed by atoms with Crippen molar-refractivity contribution in [1.82, 2.24) is 19.6 Å². The van der Waals surface area contributed by atoms with Crippen molar-refractivity contribution >= 4 is 12.2 Å². The molecule has 0 aliphatic carbocycles. The van der Waals surface area contributed by atoms with Gasteiger partial charge in [-0.05, 0) is 85.7 Å². The number of nitrogens with zero attached hydrogens (tertiary/aromatic N) is 4. The molecule has 1 aromatic heterocycles. The number of amides is 1. The van der Waals surface area contributed by atoms with Crippen LogP contribution in [0.2, 0.25) is 0 Å². The Morgan fingerprint density at radius 2 is 1.71 bits per heavy atom. The van der Waals surface area contributed by atoms with Crippen molar-refractivity contribution in [3.8, 4) is 11.1 Å². The highest BCUT2D eigenvalue weighted by Gasteiger charge is 2.32. The summed E-state index contributed by atoms with van der Waals surface area (Å²) < 4.78 is 12.5. The lowest BCUT2D eigenvalue weighted by Crippen LogP contribution is -2.42. The topological polar surface area (TPSA) is 76.9 Å². The molecule has 0 unspecified atom stereocenters. The van der Waals surface area contributed by atoms with Crippen molar-refractivity contribution < 1.29 is 19.1 Å². The molecule has 0 bridgehead atoms. The second kappa shape index (κ2) is 10.4. The highest BCUT2D eigenvalue weighted by atomic mass is 16.6. The van der Waals surface area contributed by atoms with Crippen molar-refractivity contribution in [3.05, 3.63) is 41.7 Å². The number of benzene rings is 1. The largest absolute Gasteiger partial charge is 0.444 e. The number of carbonyl (C=O) groups excluding carboxylic acids is 2. The number of rotatable bonds is 4. The van der Waals surface area contributed by atoms with Crippen LogP contribution in [-0.4, -0.2) is 70.2 Å². The third-order valence-corrected chi connectivity index (χ3v) is 5.52. The first-order valence-electron chi connectivity index (χ1n) is 12.3. The van der Waals surface area contributed by atoms with E-state index in [1.165, 1.54) is 10.2 Å². The summed E-state index contributed by atoms with van der Waals surface area (Å²) in [7, 11) is 4.07. The predicted molar refractivity (Wildman–Crippen MR) is 136 cm³/mol. The normalized spacial score (nSPS) is 16.9. The molecule has 1 aliphatic rings. The molecule has 0 N–H and O–H groups in total. The maximum atomic E-state index is 12.9. The van der Waals surface area contributed by atoms with Crippen molar-refractivity contribution in [2.75, 3.05) is 27.2 Å². The molecule has 1 fully saturated rings. The highest BCUT2D eigenvalue weighted by Crippen LogP contribution is 2.35. The van der Waals surface area contributed by atoms with Gasteiger partial charge in [-0.2, -0.15) is 9.78 Å². The molecule has 1 aliphatic heterocycles. The molecule has 3 rings (SSSR count). The molecular weight excluding hydrogens is 444 g/mol. The summed E-state index contributed by atoms with van der Waals surface area (Å²) in [5, 5.41) is 4.71. The van der Waals surface area contributed by atoms with Crippen LogP contribution in [0.5, 0.6) is 0 Å². The first-order chi connectivity index (χ1) is 16.2. The summed E-state index contributed by atoms with van der Waals surface area (Å²) in [6.45, 7) is 13.0. The second-order valence-electron chi connectivity index (χ2n) is 11.6. The van der Waals surface area contributed by atoms with Crippen LogP contribution in [0.15, 0.2) is 30.5 Å². The third-order valence-electron chi connectivity index (χ3n) is 5.52. The van der Waals surface area contributed by atoms with Crippen molar-refractivity contribution in [3.63, 3.8) is 0 Å². The van der Waals surface area contributed by atoms with Crippen molar-refractivity contribution in [2.45, 2.75) is 78.0 Å². The van der Waals surface area contributed by atoms with Gasteiger partial charge in [-0.15, -0.1) is 0 Å². The van der Waals surface area contributed by atoms with E-state index < -0.39 is 17.3 Å². The molecule has 192 valence electrons. The van der Waals surface area contributed by atoms with Gasteiger partial charge in [0.2, 0.25) is 0 Å². The van der Waals surface area contributed by atoms with Crippen LogP contribution in [0.25, 0.3) is 11.1 Å². The average Bonchev–Trinajstić information content (AvgIpc) is 3.17. The zero-order valence-corrected chi connectivity index (χ0v) is 22.4. The Labute approximate surface area is 209 Å². The molecule has 0 spiro atoms. The fourth-order valence-corrected chi connectivity index (χ4v) is 4.21. The molecule has 35 heavy (non-hydrogen) atoms. The minimum atomic E-state index is -0.632. The maximum absolute atomic E-state index is 12.9. The third kappa shape index (κ3) is 7.56. The quantitative estimate of drug-likeness (QED) is 0.570. The number of likely N-dealkylation sites (tertiary alicyclic amines) is 1. The number of ether oxygens (including phenoxy) is 2. The maximum Gasteiger partial charge on any atom is 0.435 e. The van der Waals surface area contributed by atoms with E-state index in [1.807, 2.05) is 67.8 Å². The summed E-state index contributed by atoms with van der Waals surface area (Å²) >= 11 is 0. The number of carbonyl (C=O) groups is 2. The molecule has 1 saturated heterocycles. The van der Waals surface area contributed by atoms with Gasteiger partial charge in [0.1, 0.15) is 11.2 Å². The second-order valence-corrected chi connectivity index (χ2v) is 11.6. The van der Waals surface area contributed by atoms with E-state index in [0.29, 0.717) is 13.1 Å². The van der Waals surface area contributed by atoms with Gasteiger partial charge in [0.25, 0.3) is 0 Å².